The molecule has 2 fully saturated rings. The summed E-state index contributed by atoms with van der Waals surface area (Å²) in [5, 5.41) is 14.9. The van der Waals surface area contributed by atoms with Crippen molar-refractivity contribution in [3.63, 3.8) is 0 Å². The van der Waals surface area contributed by atoms with Gasteiger partial charge in [-0.3, -0.25) is 14.4 Å². The lowest BCUT2D eigenvalue weighted by Crippen LogP contribution is -2.56. The van der Waals surface area contributed by atoms with Gasteiger partial charge < -0.3 is 10.0 Å². The van der Waals surface area contributed by atoms with Gasteiger partial charge in [-0.1, -0.05) is 0 Å². The third kappa shape index (κ3) is 3.95. The van der Waals surface area contributed by atoms with Gasteiger partial charge in [-0.2, -0.15) is 5.10 Å². The predicted octanol–water partition coefficient (Wildman–Crippen LogP) is 0.894. The number of hydrogen-bond acceptors (Lipinski definition) is 5. The Morgan fingerprint density at radius 2 is 2.08 bits per heavy atom. The van der Waals surface area contributed by atoms with Crippen molar-refractivity contribution in [2.45, 2.75) is 69.7 Å². The molecule has 0 unspecified atom stereocenters. The predicted molar refractivity (Wildman–Crippen MR) is 90.3 cm³/mol. The van der Waals surface area contributed by atoms with Crippen LogP contribution in [0.2, 0.25) is 0 Å². The van der Waals surface area contributed by atoms with Gasteiger partial charge in [-0.15, -0.1) is 0 Å². The molecule has 3 atom stereocenters. The molecule has 1 aromatic rings. The zero-order valence-electron chi connectivity index (χ0n) is 14.5. The van der Waals surface area contributed by atoms with E-state index in [0.29, 0.717) is 13.0 Å². The molecule has 0 spiro atoms. The maximum absolute atomic E-state index is 12.5. The minimum atomic E-state index is -0.430. The van der Waals surface area contributed by atoms with Crippen molar-refractivity contribution in [2.24, 2.45) is 0 Å². The van der Waals surface area contributed by atoms with Crippen LogP contribution in [0.25, 0.3) is 0 Å². The summed E-state index contributed by atoms with van der Waals surface area (Å²) in [6.07, 6.45) is 9.45. The number of nitrogens with zero attached hydrogens (tertiary/aromatic N) is 5. The summed E-state index contributed by atoms with van der Waals surface area (Å²) in [6, 6.07) is 0.167. The Bertz CT molecular complexity index is 515. The van der Waals surface area contributed by atoms with Gasteiger partial charge in [0.05, 0.1) is 12.1 Å². The highest BCUT2D eigenvalue weighted by Crippen LogP contribution is 2.29. The number of aryl methyl sites for hydroxylation is 1. The summed E-state index contributed by atoms with van der Waals surface area (Å²) < 4.78 is 1.74. The van der Waals surface area contributed by atoms with Crippen molar-refractivity contribution in [1.82, 2.24) is 24.6 Å². The molecule has 1 saturated heterocycles. The van der Waals surface area contributed by atoms with E-state index in [4.69, 9.17) is 0 Å². The van der Waals surface area contributed by atoms with E-state index in [1.807, 2.05) is 7.05 Å². The molecule has 1 aliphatic heterocycles. The van der Waals surface area contributed by atoms with E-state index in [1.54, 1.807) is 15.9 Å². The molecule has 7 heteroatoms. The molecule has 1 saturated carbocycles. The van der Waals surface area contributed by atoms with Crippen molar-refractivity contribution in [1.29, 1.82) is 0 Å². The third-order valence-electron chi connectivity index (χ3n) is 5.53. The van der Waals surface area contributed by atoms with Crippen LogP contribution < -0.4 is 0 Å². The smallest absolute Gasteiger partial charge is 0.222 e. The molecule has 1 aromatic heterocycles. The lowest BCUT2D eigenvalue weighted by molar-refractivity contribution is -0.137. The monoisotopic (exact) mass is 335 g/mol. The average Bonchev–Trinajstić information content (AvgIpc) is 3.28. The van der Waals surface area contributed by atoms with Gasteiger partial charge in [-0.05, 0) is 51.6 Å². The van der Waals surface area contributed by atoms with E-state index >= 15 is 0 Å². The quantitative estimate of drug-likeness (QED) is 0.836. The molecule has 1 amide bonds. The van der Waals surface area contributed by atoms with Crippen LogP contribution in [-0.2, 0) is 11.3 Å². The number of aliphatic hydroxyl groups excluding tert-OH is 1. The fraction of sp³-hybridized carbons (Fsp3) is 0.824. The van der Waals surface area contributed by atoms with Crippen LogP contribution in [0.1, 0.15) is 44.9 Å². The second kappa shape index (κ2) is 8.07. The van der Waals surface area contributed by atoms with Crippen LogP contribution >= 0.6 is 0 Å². The molecule has 7 nitrogen and oxygen atoms in total. The maximum Gasteiger partial charge on any atom is 0.222 e. The number of rotatable bonds is 6. The molecule has 1 aliphatic carbocycles. The van der Waals surface area contributed by atoms with E-state index in [1.165, 1.54) is 19.2 Å². The Hall–Kier alpha value is -1.47. The van der Waals surface area contributed by atoms with Crippen LogP contribution in [-0.4, -0.2) is 73.9 Å². The number of carbonyl (C=O) groups is 1. The summed E-state index contributed by atoms with van der Waals surface area (Å²) in [7, 11) is 1.85. The minimum Gasteiger partial charge on any atom is -0.389 e. The second-order valence-electron chi connectivity index (χ2n) is 7.07. The summed E-state index contributed by atoms with van der Waals surface area (Å²) in [5.41, 5.74) is 0. The van der Waals surface area contributed by atoms with Crippen molar-refractivity contribution in [2.75, 3.05) is 20.1 Å². The topological polar surface area (TPSA) is 74.5 Å². The van der Waals surface area contributed by atoms with Gasteiger partial charge in [0.15, 0.2) is 0 Å². The highest BCUT2D eigenvalue weighted by atomic mass is 16.3. The molecule has 0 bridgehead atoms. The molecular weight excluding hydrogens is 306 g/mol. The molecule has 2 heterocycles. The third-order valence-corrected chi connectivity index (χ3v) is 5.53. The van der Waals surface area contributed by atoms with Gasteiger partial charge in [0, 0.05) is 26.1 Å². The summed E-state index contributed by atoms with van der Waals surface area (Å²) in [4.78, 5) is 20.6. The van der Waals surface area contributed by atoms with Crippen LogP contribution in [0.5, 0.6) is 0 Å². The summed E-state index contributed by atoms with van der Waals surface area (Å²) >= 11 is 0. The number of amides is 1. The molecule has 0 aromatic carbocycles. The van der Waals surface area contributed by atoms with Crippen molar-refractivity contribution < 1.29 is 9.90 Å². The van der Waals surface area contributed by atoms with Crippen LogP contribution in [0.4, 0.5) is 0 Å². The Kier molecular flexibility index (Phi) is 5.84. The zero-order chi connectivity index (χ0) is 16.9. The molecule has 3 rings (SSSR count). The SMILES string of the molecule is CN(C(=O)CCCn1cncn1)[C@@H]1CCC[C@@H](N2CCCC2)[C@@H]1O. The van der Waals surface area contributed by atoms with Crippen LogP contribution in [0.3, 0.4) is 0 Å². The highest BCUT2D eigenvalue weighted by molar-refractivity contribution is 5.76. The highest BCUT2D eigenvalue weighted by Gasteiger charge is 2.39. The molecule has 0 radical (unpaired) electrons. The lowest BCUT2D eigenvalue weighted by Gasteiger charge is -2.43. The Labute approximate surface area is 143 Å². The maximum atomic E-state index is 12.5. The van der Waals surface area contributed by atoms with E-state index in [9.17, 15) is 9.90 Å². The number of hydrogen-bond donors (Lipinski definition) is 1. The number of likely N-dealkylation sites (tertiary alicyclic amines) is 1. The average molecular weight is 335 g/mol. The number of aromatic nitrogens is 3. The van der Waals surface area contributed by atoms with Gasteiger partial charge in [-0.25, -0.2) is 4.98 Å². The summed E-state index contributed by atoms with van der Waals surface area (Å²) in [6.45, 7) is 2.87. The molecule has 24 heavy (non-hydrogen) atoms. The molecule has 134 valence electrons. The standard InChI is InChI=1S/C17H29N5O2/c1-20(16(23)8-5-11-22-13-18-12-19-22)14-6-4-7-15(17(14)24)21-9-2-3-10-21/h12-15,17,24H,2-11H2,1H3/t14-,15-,17-/m1/s1. The Morgan fingerprint density at radius 3 is 2.79 bits per heavy atom. The zero-order valence-corrected chi connectivity index (χ0v) is 14.5. The second-order valence-corrected chi connectivity index (χ2v) is 7.07. The first-order valence-corrected chi connectivity index (χ1v) is 9.17. The number of likely N-dealkylation sites (N-methyl/N-ethyl adjacent to an activating group) is 1. The van der Waals surface area contributed by atoms with E-state index in [-0.39, 0.29) is 18.0 Å². The van der Waals surface area contributed by atoms with Crippen LogP contribution in [0, 0.1) is 0 Å². The first kappa shape index (κ1) is 17.4. The van der Waals surface area contributed by atoms with Gasteiger partial charge in [0.25, 0.3) is 0 Å². The molecular formula is C17H29N5O2. The van der Waals surface area contributed by atoms with E-state index in [2.05, 4.69) is 15.0 Å². The fourth-order valence-corrected chi connectivity index (χ4v) is 4.13. The van der Waals surface area contributed by atoms with Gasteiger partial charge in [0.1, 0.15) is 12.7 Å². The number of carbonyl (C=O) groups excluding carboxylic acids is 1. The van der Waals surface area contributed by atoms with E-state index < -0.39 is 6.10 Å². The van der Waals surface area contributed by atoms with Crippen molar-refractivity contribution in [3.8, 4) is 0 Å². The van der Waals surface area contributed by atoms with Crippen molar-refractivity contribution in [3.05, 3.63) is 12.7 Å². The lowest BCUT2D eigenvalue weighted by atomic mass is 9.86. The molecule has 2 aliphatic rings. The Morgan fingerprint density at radius 1 is 1.29 bits per heavy atom. The molecule has 1 N–H and O–H groups in total. The van der Waals surface area contributed by atoms with E-state index in [0.717, 1.165) is 38.8 Å². The minimum absolute atomic E-state index is 0.0526. The summed E-state index contributed by atoms with van der Waals surface area (Å²) in [5.74, 6) is 0.112. The van der Waals surface area contributed by atoms with Gasteiger partial charge in [0.2, 0.25) is 5.91 Å². The van der Waals surface area contributed by atoms with Crippen LogP contribution in [0.15, 0.2) is 12.7 Å². The number of aliphatic hydroxyl groups is 1. The first-order valence-electron chi connectivity index (χ1n) is 9.17. The normalized spacial score (nSPS) is 28.2. The first-order chi connectivity index (χ1) is 11.7. The van der Waals surface area contributed by atoms with Gasteiger partial charge >= 0.3 is 0 Å². The van der Waals surface area contributed by atoms with Crippen molar-refractivity contribution >= 4 is 5.91 Å². The Balaban J connectivity index is 1.50. The largest absolute Gasteiger partial charge is 0.389 e. The fourth-order valence-electron chi connectivity index (χ4n) is 4.13.